The minimum atomic E-state index is -0.787. The average molecular weight is 282 g/mol. The molecule has 2 unspecified atom stereocenters. The summed E-state index contributed by atoms with van der Waals surface area (Å²) < 4.78 is 1.65. The van der Waals surface area contributed by atoms with Gasteiger partial charge in [-0.05, 0) is 28.2 Å². The summed E-state index contributed by atoms with van der Waals surface area (Å²) in [7, 11) is 0. The SMILES string of the molecule is CCC(C)Cc1nnnn1CC(CC(C)(C)C)C(=O)O. The highest BCUT2D eigenvalue weighted by Crippen LogP contribution is 2.25. The largest absolute Gasteiger partial charge is 0.481 e. The fraction of sp³-hybridized carbons (Fsp3) is 0.857. The maximum atomic E-state index is 11.4. The van der Waals surface area contributed by atoms with Crippen molar-refractivity contribution in [1.29, 1.82) is 0 Å². The smallest absolute Gasteiger partial charge is 0.308 e. The van der Waals surface area contributed by atoms with Gasteiger partial charge in [0.1, 0.15) is 0 Å². The van der Waals surface area contributed by atoms with Crippen LogP contribution in [0.3, 0.4) is 0 Å². The molecule has 20 heavy (non-hydrogen) atoms. The van der Waals surface area contributed by atoms with Crippen molar-refractivity contribution in [1.82, 2.24) is 20.2 Å². The lowest BCUT2D eigenvalue weighted by Gasteiger charge is -2.23. The Bertz CT molecular complexity index is 437. The number of hydrogen-bond donors (Lipinski definition) is 1. The molecule has 0 radical (unpaired) electrons. The molecular formula is C14H26N4O2. The first-order valence-electron chi connectivity index (χ1n) is 7.20. The molecule has 0 fully saturated rings. The number of carboxylic acid groups (broad SMARTS) is 1. The van der Waals surface area contributed by atoms with Gasteiger partial charge in [0.05, 0.1) is 12.5 Å². The fourth-order valence-corrected chi connectivity index (χ4v) is 2.15. The molecule has 1 rings (SSSR count). The van der Waals surface area contributed by atoms with Gasteiger partial charge in [0.25, 0.3) is 0 Å². The molecule has 2 atom stereocenters. The Morgan fingerprint density at radius 2 is 2.05 bits per heavy atom. The van der Waals surface area contributed by atoms with Crippen LogP contribution in [-0.2, 0) is 17.8 Å². The standard InChI is InChI=1S/C14H26N4O2/c1-6-10(2)7-12-15-16-17-18(12)9-11(13(19)20)8-14(3,4)5/h10-11H,6-9H2,1-5H3,(H,19,20). The van der Waals surface area contributed by atoms with Crippen molar-refractivity contribution in [2.75, 3.05) is 0 Å². The molecule has 6 heteroatoms. The quantitative estimate of drug-likeness (QED) is 0.830. The number of aromatic nitrogens is 4. The lowest BCUT2D eigenvalue weighted by Crippen LogP contribution is -2.27. The summed E-state index contributed by atoms with van der Waals surface area (Å²) in [5.74, 6) is 0.0178. The Kier molecular flexibility index (Phi) is 5.65. The van der Waals surface area contributed by atoms with Crippen molar-refractivity contribution in [3.05, 3.63) is 5.82 Å². The van der Waals surface area contributed by atoms with E-state index in [1.807, 2.05) is 20.8 Å². The summed E-state index contributed by atoms with van der Waals surface area (Å²) in [6.07, 6.45) is 2.44. The highest BCUT2D eigenvalue weighted by molar-refractivity contribution is 5.69. The van der Waals surface area contributed by atoms with Gasteiger partial charge in [-0.3, -0.25) is 4.79 Å². The monoisotopic (exact) mass is 282 g/mol. The van der Waals surface area contributed by atoms with Crippen LogP contribution < -0.4 is 0 Å². The summed E-state index contributed by atoms with van der Waals surface area (Å²) in [6.45, 7) is 10.7. The highest BCUT2D eigenvalue weighted by atomic mass is 16.4. The summed E-state index contributed by atoms with van der Waals surface area (Å²) in [5, 5.41) is 21.0. The molecule has 0 amide bonds. The Morgan fingerprint density at radius 3 is 2.55 bits per heavy atom. The van der Waals surface area contributed by atoms with Crippen LogP contribution in [-0.4, -0.2) is 31.3 Å². The number of carboxylic acids is 1. The number of carbonyl (C=O) groups is 1. The summed E-state index contributed by atoms with van der Waals surface area (Å²) in [4.78, 5) is 11.4. The van der Waals surface area contributed by atoms with Crippen LogP contribution in [0.25, 0.3) is 0 Å². The number of tetrazole rings is 1. The van der Waals surface area contributed by atoms with E-state index in [1.165, 1.54) is 0 Å². The van der Waals surface area contributed by atoms with Gasteiger partial charge < -0.3 is 5.11 Å². The molecule has 1 aromatic rings. The summed E-state index contributed by atoms with van der Waals surface area (Å²) in [5.41, 5.74) is -0.0338. The van der Waals surface area contributed by atoms with Crippen molar-refractivity contribution in [3.8, 4) is 0 Å². The second kappa shape index (κ2) is 6.81. The number of nitrogens with zero attached hydrogens (tertiary/aromatic N) is 4. The van der Waals surface area contributed by atoms with E-state index in [1.54, 1.807) is 4.68 Å². The van der Waals surface area contributed by atoms with E-state index >= 15 is 0 Å². The van der Waals surface area contributed by atoms with Crippen LogP contribution in [0.15, 0.2) is 0 Å². The maximum Gasteiger partial charge on any atom is 0.308 e. The van der Waals surface area contributed by atoms with Crippen molar-refractivity contribution in [2.45, 2.75) is 60.4 Å². The molecule has 1 aromatic heterocycles. The fourth-order valence-electron chi connectivity index (χ4n) is 2.15. The first-order chi connectivity index (χ1) is 9.23. The normalized spacial score (nSPS) is 15.1. The van der Waals surface area contributed by atoms with E-state index in [0.717, 1.165) is 18.7 Å². The van der Waals surface area contributed by atoms with E-state index in [-0.39, 0.29) is 5.41 Å². The van der Waals surface area contributed by atoms with E-state index in [2.05, 4.69) is 29.4 Å². The van der Waals surface area contributed by atoms with E-state index in [4.69, 9.17) is 0 Å². The third-order valence-electron chi connectivity index (χ3n) is 3.44. The van der Waals surface area contributed by atoms with Gasteiger partial charge in [-0.25, -0.2) is 4.68 Å². The third kappa shape index (κ3) is 5.27. The van der Waals surface area contributed by atoms with Gasteiger partial charge >= 0.3 is 5.97 Å². The van der Waals surface area contributed by atoms with Crippen LogP contribution in [0.4, 0.5) is 0 Å². The molecule has 0 aliphatic carbocycles. The first kappa shape index (κ1) is 16.6. The zero-order valence-electron chi connectivity index (χ0n) is 13.1. The van der Waals surface area contributed by atoms with Crippen molar-refractivity contribution in [2.24, 2.45) is 17.3 Å². The van der Waals surface area contributed by atoms with Gasteiger partial charge in [0.2, 0.25) is 0 Å². The molecular weight excluding hydrogens is 256 g/mol. The Balaban J connectivity index is 2.79. The van der Waals surface area contributed by atoms with E-state index in [0.29, 0.717) is 18.9 Å². The Labute approximate surface area is 120 Å². The second-order valence-electron chi connectivity index (χ2n) is 6.79. The minimum Gasteiger partial charge on any atom is -0.481 e. The molecule has 0 spiro atoms. The van der Waals surface area contributed by atoms with E-state index in [9.17, 15) is 9.90 Å². The predicted octanol–water partition coefficient (Wildman–Crippen LogP) is 2.40. The maximum absolute atomic E-state index is 11.4. The molecule has 1 N–H and O–H groups in total. The Morgan fingerprint density at radius 1 is 1.40 bits per heavy atom. The number of rotatable bonds is 7. The lowest BCUT2D eigenvalue weighted by molar-refractivity contribution is -0.143. The minimum absolute atomic E-state index is 0.0338. The number of aliphatic carboxylic acids is 1. The van der Waals surface area contributed by atoms with Gasteiger partial charge in [-0.2, -0.15) is 0 Å². The van der Waals surface area contributed by atoms with Gasteiger partial charge in [-0.15, -0.1) is 5.10 Å². The van der Waals surface area contributed by atoms with Crippen LogP contribution in [0.1, 0.15) is 53.3 Å². The van der Waals surface area contributed by atoms with Crippen LogP contribution >= 0.6 is 0 Å². The number of hydrogen-bond acceptors (Lipinski definition) is 4. The molecule has 6 nitrogen and oxygen atoms in total. The van der Waals surface area contributed by atoms with Gasteiger partial charge in [0.15, 0.2) is 5.82 Å². The van der Waals surface area contributed by atoms with Gasteiger partial charge in [-0.1, -0.05) is 41.0 Å². The highest BCUT2D eigenvalue weighted by Gasteiger charge is 2.26. The van der Waals surface area contributed by atoms with Crippen molar-refractivity contribution < 1.29 is 9.90 Å². The third-order valence-corrected chi connectivity index (χ3v) is 3.44. The van der Waals surface area contributed by atoms with Gasteiger partial charge in [0, 0.05) is 6.42 Å². The zero-order chi connectivity index (χ0) is 15.3. The Hall–Kier alpha value is -1.46. The topological polar surface area (TPSA) is 80.9 Å². The molecule has 0 saturated heterocycles. The molecule has 0 aliphatic heterocycles. The van der Waals surface area contributed by atoms with E-state index < -0.39 is 11.9 Å². The molecule has 0 aliphatic rings. The first-order valence-corrected chi connectivity index (χ1v) is 7.20. The molecule has 0 bridgehead atoms. The summed E-state index contributed by atoms with van der Waals surface area (Å²) >= 11 is 0. The van der Waals surface area contributed by atoms with Crippen LogP contribution in [0.5, 0.6) is 0 Å². The average Bonchev–Trinajstić information content (AvgIpc) is 2.73. The molecule has 0 saturated carbocycles. The van der Waals surface area contributed by atoms with Crippen molar-refractivity contribution in [3.63, 3.8) is 0 Å². The van der Waals surface area contributed by atoms with Crippen LogP contribution in [0, 0.1) is 17.3 Å². The molecule has 114 valence electrons. The molecule has 1 heterocycles. The lowest BCUT2D eigenvalue weighted by atomic mass is 9.84. The van der Waals surface area contributed by atoms with Crippen LogP contribution in [0.2, 0.25) is 0 Å². The summed E-state index contributed by atoms with van der Waals surface area (Å²) in [6, 6.07) is 0. The molecule has 0 aromatic carbocycles. The second-order valence-corrected chi connectivity index (χ2v) is 6.79. The van der Waals surface area contributed by atoms with Crippen molar-refractivity contribution >= 4 is 5.97 Å². The zero-order valence-corrected chi connectivity index (χ0v) is 13.1. The predicted molar refractivity (Wildman–Crippen MR) is 76.2 cm³/mol.